The number of methoxy groups -OCH3 is 1. The Morgan fingerprint density at radius 1 is 1.06 bits per heavy atom. The second-order valence-electron chi connectivity index (χ2n) is 9.06. The van der Waals surface area contributed by atoms with Crippen LogP contribution in [-0.4, -0.2) is 55.0 Å². The van der Waals surface area contributed by atoms with E-state index in [0.717, 1.165) is 12.0 Å². The number of ether oxygens (including phenoxy) is 2. The molecule has 1 aliphatic heterocycles. The molecule has 0 saturated heterocycles. The molecule has 2 aromatic carbocycles. The van der Waals surface area contributed by atoms with Crippen LogP contribution in [0, 0.1) is 5.92 Å². The summed E-state index contributed by atoms with van der Waals surface area (Å²) in [5, 5.41) is 2.07. The van der Waals surface area contributed by atoms with Gasteiger partial charge in [0.25, 0.3) is 5.91 Å². The minimum absolute atomic E-state index is 0.0382. The maximum atomic E-state index is 13.7. The van der Waals surface area contributed by atoms with E-state index in [1.807, 2.05) is 47.4 Å². The van der Waals surface area contributed by atoms with Gasteiger partial charge in [-0.25, -0.2) is 0 Å². The molecule has 1 aromatic heterocycles. The highest BCUT2D eigenvalue weighted by Gasteiger charge is 2.34. The summed E-state index contributed by atoms with van der Waals surface area (Å²) in [4.78, 5) is 31.7. The quantitative estimate of drug-likeness (QED) is 0.419. The zero-order valence-corrected chi connectivity index (χ0v) is 21.3. The second-order valence-corrected chi connectivity index (χ2v) is 10.1. The Bertz CT molecular complexity index is 1140. The van der Waals surface area contributed by atoms with Gasteiger partial charge in [0.05, 0.1) is 13.2 Å². The number of fused-ring (bicyclic) bond motifs is 1. The Morgan fingerprint density at radius 2 is 1.77 bits per heavy atom. The summed E-state index contributed by atoms with van der Waals surface area (Å²) in [6.45, 7) is 5.57. The maximum absolute atomic E-state index is 13.7. The molecular formula is C28H32N2O4S. The van der Waals surface area contributed by atoms with Gasteiger partial charge in [0, 0.05) is 23.5 Å². The molecule has 4 rings (SSSR count). The van der Waals surface area contributed by atoms with Crippen molar-refractivity contribution in [2.45, 2.75) is 26.3 Å². The molecular weight excluding hydrogens is 460 g/mol. The molecule has 0 bridgehead atoms. The Labute approximate surface area is 211 Å². The number of hydrogen-bond donors (Lipinski definition) is 0. The topological polar surface area (TPSA) is 59.1 Å². The normalized spacial score (nSPS) is 15.0. The van der Waals surface area contributed by atoms with Crippen LogP contribution in [0.5, 0.6) is 11.5 Å². The van der Waals surface area contributed by atoms with Gasteiger partial charge < -0.3 is 19.3 Å². The molecule has 7 heteroatoms. The van der Waals surface area contributed by atoms with Gasteiger partial charge in [-0.3, -0.25) is 9.59 Å². The fourth-order valence-corrected chi connectivity index (χ4v) is 5.39. The van der Waals surface area contributed by atoms with Crippen molar-refractivity contribution in [1.29, 1.82) is 0 Å². The summed E-state index contributed by atoms with van der Waals surface area (Å²) >= 11 is 1.71. The zero-order valence-electron chi connectivity index (χ0n) is 20.5. The average molecular weight is 493 g/mol. The molecule has 0 unspecified atom stereocenters. The monoisotopic (exact) mass is 492 g/mol. The fraction of sp³-hybridized carbons (Fsp3) is 0.357. The molecule has 184 valence electrons. The Morgan fingerprint density at radius 3 is 2.49 bits per heavy atom. The summed E-state index contributed by atoms with van der Waals surface area (Å²) in [6.07, 6.45) is 0.806. The number of amides is 2. The Balaban J connectivity index is 1.54. The fourth-order valence-electron chi connectivity index (χ4n) is 4.46. The third-order valence-corrected chi connectivity index (χ3v) is 7.10. The van der Waals surface area contributed by atoms with Crippen molar-refractivity contribution in [3.8, 4) is 11.5 Å². The third-order valence-electron chi connectivity index (χ3n) is 6.10. The van der Waals surface area contributed by atoms with Crippen molar-refractivity contribution < 1.29 is 19.1 Å². The van der Waals surface area contributed by atoms with Crippen LogP contribution in [0.2, 0.25) is 0 Å². The number of benzene rings is 2. The van der Waals surface area contributed by atoms with Crippen molar-refractivity contribution in [3.63, 3.8) is 0 Å². The van der Waals surface area contributed by atoms with Gasteiger partial charge in [-0.05, 0) is 53.6 Å². The van der Waals surface area contributed by atoms with Crippen LogP contribution in [0.25, 0.3) is 0 Å². The van der Waals surface area contributed by atoms with Crippen molar-refractivity contribution in [1.82, 2.24) is 9.80 Å². The largest absolute Gasteiger partial charge is 0.493 e. The van der Waals surface area contributed by atoms with Gasteiger partial charge in [0.1, 0.15) is 13.2 Å². The zero-order chi connectivity index (χ0) is 24.8. The predicted molar refractivity (Wildman–Crippen MR) is 138 cm³/mol. The van der Waals surface area contributed by atoms with Crippen LogP contribution < -0.4 is 9.47 Å². The smallest absolute Gasteiger partial charge is 0.254 e. The number of nitrogens with zero attached hydrogens (tertiary/aromatic N) is 2. The SMILES string of the molecule is COc1ccccc1OC[C@H]1c2ccsc2CCN1C(=O)CN(CC(C)C)C(=O)c1ccccc1. The van der Waals surface area contributed by atoms with Gasteiger partial charge in [0.2, 0.25) is 5.91 Å². The van der Waals surface area contributed by atoms with Crippen LogP contribution in [0.3, 0.4) is 0 Å². The number of hydrogen-bond acceptors (Lipinski definition) is 5. The maximum Gasteiger partial charge on any atom is 0.254 e. The molecule has 2 amide bonds. The third kappa shape index (κ3) is 5.85. The van der Waals surface area contributed by atoms with Crippen LogP contribution in [0.4, 0.5) is 0 Å². The molecule has 0 N–H and O–H groups in total. The van der Waals surface area contributed by atoms with Crippen molar-refractivity contribution in [2.75, 3.05) is 33.4 Å². The first-order chi connectivity index (χ1) is 17.0. The Kier molecular flexibility index (Phi) is 8.08. The van der Waals surface area contributed by atoms with Crippen molar-refractivity contribution in [2.24, 2.45) is 5.92 Å². The summed E-state index contributed by atoms with van der Waals surface area (Å²) < 4.78 is 11.6. The highest BCUT2D eigenvalue weighted by atomic mass is 32.1. The molecule has 0 spiro atoms. The number of carbonyl (C=O) groups excluding carboxylic acids is 2. The lowest BCUT2D eigenvalue weighted by Gasteiger charge is -2.37. The van der Waals surface area contributed by atoms with Crippen LogP contribution >= 0.6 is 11.3 Å². The van der Waals surface area contributed by atoms with Crippen LogP contribution in [0.1, 0.15) is 40.7 Å². The number of carbonyl (C=O) groups is 2. The summed E-state index contributed by atoms with van der Waals surface area (Å²) in [6, 6.07) is 18.5. The van der Waals surface area contributed by atoms with E-state index in [0.29, 0.717) is 36.8 Å². The molecule has 2 heterocycles. The Hall–Kier alpha value is -3.32. The first kappa shape index (κ1) is 24.8. The second kappa shape index (κ2) is 11.4. The minimum Gasteiger partial charge on any atom is -0.493 e. The minimum atomic E-state index is -0.227. The molecule has 1 aliphatic rings. The van der Waals surface area contributed by atoms with E-state index in [2.05, 4.69) is 25.3 Å². The standard InChI is InChI=1S/C28H32N2O4S/c1-20(2)17-29(28(32)21-9-5-4-6-10-21)18-27(31)30-15-13-26-22(14-16-35-26)23(30)19-34-25-12-8-7-11-24(25)33-3/h4-12,14,16,20,23H,13,15,17-19H2,1-3H3/t23-/m0/s1. The van der Waals surface area contributed by atoms with Crippen LogP contribution in [0.15, 0.2) is 66.0 Å². The van der Waals surface area contributed by atoms with Gasteiger partial charge in [-0.2, -0.15) is 0 Å². The van der Waals surface area contributed by atoms with E-state index in [1.54, 1.807) is 35.5 Å². The molecule has 6 nitrogen and oxygen atoms in total. The lowest BCUT2D eigenvalue weighted by molar-refractivity contribution is -0.135. The van der Waals surface area contributed by atoms with Gasteiger partial charge >= 0.3 is 0 Å². The summed E-state index contributed by atoms with van der Waals surface area (Å²) in [7, 11) is 1.61. The molecule has 0 fully saturated rings. The van der Waals surface area contributed by atoms with Gasteiger partial charge in [-0.1, -0.05) is 44.2 Å². The van der Waals surface area contributed by atoms with E-state index in [-0.39, 0.29) is 30.3 Å². The molecule has 3 aromatic rings. The number of para-hydroxylation sites is 2. The average Bonchev–Trinajstić information content (AvgIpc) is 3.36. The molecule has 1 atom stereocenters. The number of rotatable bonds is 9. The molecule has 0 saturated carbocycles. The lowest BCUT2D eigenvalue weighted by atomic mass is 10.00. The molecule has 35 heavy (non-hydrogen) atoms. The van der Waals surface area contributed by atoms with E-state index in [9.17, 15) is 9.59 Å². The highest BCUT2D eigenvalue weighted by molar-refractivity contribution is 7.10. The van der Waals surface area contributed by atoms with E-state index in [4.69, 9.17) is 9.47 Å². The van der Waals surface area contributed by atoms with Crippen LogP contribution in [-0.2, 0) is 11.2 Å². The summed E-state index contributed by atoms with van der Waals surface area (Å²) in [5.41, 5.74) is 1.71. The van der Waals surface area contributed by atoms with Crippen molar-refractivity contribution in [3.05, 3.63) is 82.0 Å². The number of thiophene rings is 1. The predicted octanol–water partition coefficient (Wildman–Crippen LogP) is 5.06. The highest BCUT2D eigenvalue weighted by Crippen LogP contribution is 2.35. The van der Waals surface area contributed by atoms with Crippen molar-refractivity contribution >= 4 is 23.2 Å². The van der Waals surface area contributed by atoms with E-state index < -0.39 is 0 Å². The van der Waals surface area contributed by atoms with Gasteiger partial charge in [0.15, 0.2) is 11.5 Å². The lowest BCUT2D eigenvalue weighted by Crippen LogP contribution is -2.48. The first-order valence-corrected chi connectivity index (χ1v) is 12.8. The van der Waals surface area contributed by atoms with E-state index >= 15 is 0 Å². The molecule has 0 aliphatic carbocycles. The first-order valence-electron chi connectivity index (χ1n) is 11.9. The molecule has 0 radical (unpaired) electrons. The van der Waals surface area contributed by atoms with Gasteiger partial charge in [-0.15, -0.1) is 11.3 Å². The van der Waals surface area contributed by atoms with E-state index in [1.165, 1.54) is 4.88 Å². The summed E-state index contributed by atoms with van der Waals surface area (Å²) in [5.74, 6) is 1.35.